The van der Waals surface area contributed by atoms with Crippen LogP contribution in [0, 0.1) is 17.8 Å². The summed E-state index contributed by atoms with van der Waals surface area (Å²) in [6.45, 7) is 7.45. The number of ether oxygens (including phenoxy) is 6. The number of rotatable bonds is 18. The summed E-state index contributed by atoms with van der Waals surface area (Å²) >= 11 is 8.10. The number of fused-ring (bicyclic) bond motifs is 2. The maximum absolute atomic E-state index is 10.6. The monoisotopic (exact) mass is 757 g/mol. The summed E-state index contributed by atoms with van der Waals surface area (Å²) < 4.78 is 36.1. The van der Waals surface area contributed by atoms with Crippen molar-refractivity contribution < 1.29 is 38.6 Å². The predicted molar refractivity (Wildman–Crippen MR) is 195 cm³/mol. The van der Waals surface area contributed by atoms with Crippen LogP contribution in [0.4, 0.5) is 10.9 Å². The molecule has 4 aromatic rings. The number of aliphatic hydroxyl groups excluding tert-OH is 2. The van der Waals surface area contributed by atoms with Crippen LogP contribution in [0.2, 0.25) is 5.28 Å². The first-order valence-corrected chi connectivity index (χ1v) is 18.8. The highest BCUT2D eigenvalue weighted by molar-refractivity contribution is 7.22. The lowest BCUT2D eigenvalue weighted by Crippen LogP contribution is -2.63. The van der Waals surface area contributed by atoms with Gasteiger partial charge in [0.05, 0.1) is 80.8 Å². The number of terminal acetylenes is 1. The second-order valence-corrected chi connectivity index (χ2v) is 14.6. The second kappa shape index (κ2) is 17.2. The van der Waals surface area contributed by atoms with Crippen LogP contribution in [-0.4, -0.2) is 139 Å². The Bertz CT molecular complexity index is 1830. The molecule has 0 unspecified atom stereocenters. The molecule has 2 N–H and O–H groups in total. The van der Waals surface area contributed by atoms with E-state index in [-0.39, 0.29) is 17.3 Å². The molecule has 15 nitrogen and oxygen atoms in total. The second-order valence-electron chi connectivity index (χ2n) is 13.2. The van der Waals surface area contributed by atoms with E-state index in [0.29, 0.717) is 71.5 Å². The number of piperidine rings is 1. The molecule has 3 aliphatic heterocycles. The van der Waals surface area contributed by atoms with E-state index in [1.54, 1.807) is 22.2 Å². The minimum atomic E-state index is -0.815. The maximum atomic E-state index is 10.6. The number of thiazole rings is 1. The van der Waals surface area contributed by atoms with E-state index in [0.717, 1.165) is 71.3 Å². The van der Waals surface area contributed by atoms with Crippen LogP contribution in [0.1, 0.15) is 25.5 Å². The third-order valence-electron chi connectivity index (χ3n) is 9.45. The van der Waals surface area contributed by atoms with Gasteiger partial charge in [-0.3, -0.25) is 0 Å². The smallest absolute Gasteiger partial charge is 0.226 e. The van der Waals surface area contributed by atoms with Gasteiger partial charge >= 0.3 is 0 Å². The van der Waals surface area contributed by atoms with Gasteiger partial charge in [-0.05, 0) is 42.6 Å². The summed E-state index contributed by atoms with van der Waals surface area (Å²) in [6, 6.07) is 6.01. The average Bonchev–Trinajstić information content (AvgIpc) is 3.86. The molecule has 3 aliphatic rings. The molecule has 3 saturated heterocycles. The van der Waals surface area contributed by atoms with Gasteiger partial charge in [-0.1, -0.05) is 17.3 Å². The first-order chi connectivity index (χ1) is 25.4. The zero-order chi connectivity index (χ0) is 35.9. The van der Waals surface area contributed by atoms with Gasteiger partial charge in [0.25, 0.3) is 0 Å². The number of benzene rings is 1. The van der Waals surface area contributed by atoms with Crippen molar-refractivity contribution in [2.24, 2.45) is 5.41 Å². The van der Waals surface area contributed by atoms with Crippen molar-refractivity contribution in [2.45, 2.75) is 37.7 Å². The predicted octanol–water partition coefficient (Wildman–Crippen LogP) is 2.92. The molecule has 0 radical (unpaired) electrons. The summed E-state index contributed by atoms with van der Waals surface area (Å²) in [7, 11) is 0. The summed E-state index contributed by atoms with van der Waals surface area (Å²) in [5.74, 6) is 3.92. The number of hydrogen-bond donors (Lipinski definition) is 2. The van der Waals surface area contributed by atoms with Gasteiger partial charge in [-0.15, -0.1) is 6.42 Å². The van der Waals surface area contributed by atoms with Crippen molar-refractivity contribution >= 4 is 55.1 Å². The fourth-order valence-electron chi connectivity index (χ4n) is 7.05. The molecule has 17 heteroatoms. The molecular weight excluding hydrogens is 714 g/mol. The van der Waals surface area contributed by atoms with Crippen molar-refractivity contribution in [3.05, 3.63) is 29.7 Å². The SMILES string of the molecule is C#CCOCCOCCOCCOCCOc1ccc2nc(N3CCCC4(C3)CN(c3nc(Cl)nc5c3cnn5[C@@H]3O[C@H](CO)C[C@H]3O)C4)sc2c1. The summed E-state index contributed by atoms with van der Waals surface area (Å²) in [4.78, 5) is 18.6. The normalized spacial score (nSPS) is 21.3. The Hall–Kier alpha value is -3.37. The van der Waals surface area contributed by atoms with Crippen molar-refractivity contribution in [3.63, 3.8) is 0 Å². The first kappa shape index (κ1) is 37.0. The van der Waals surface area contributed by atoms with E-state index in [1.807, 2.05) is 18.2 Å². The van der Waals surface area contributed by atoms with Gasteiger partial charge in [0, 0.05) is 38.0 Å². The highest BCUT2D eigenvalue weighted by Gasteiger charge is 2.47. The first-order valence-electron chi connectivity index (χ1n) is 17.6. The Morgan fingerprint density at radius 3 is 2.44 bits per heavy atom. The molecule has 0 saturated carbocycles. The molecule has 52 heavy (non-hydrogen) atoms. The van der Waals surface area contributed by atoms with Crippen molar-refractivity contribution in [2.75, 3.05) is 102 Å². The number of aliphatic hydroxyl groups is 2. The lowest BCUT2D eigenvalue weighted by Gasteiger charge is -2.55. The zero-order valence-electron chi connectivity index (χ0n) is 28.9. The molecule has 7 rings (SSSR count). The van der Waals surface area contributed by atoms with Gasteiger partial charge in [0.2, 0.25) is 5.28 Å². The standard InChI is InChI=1S/C35H44ClN7O8S/c1-2-8-46-9-10-47-11-12-48-13-14-49-15-16-50-24-4-5-27-29(18-24)52-34(38-27)41-7-3-6-35(21-41)22-42(23-35)30-26-19-37-43(31(26)40-33(36)39-30)32-28(45)17-25(20-44)51-32/h1,4-5,18-19,25,28,32,44-45H,3,6-17,20-23H2/t25-,28+,32+/m0/s1. The van der Waals surface area contributed by atoms with E-state index >= 15 is 0 Å². The molecular formula is C35H44ClN7O8S. The average molecular weight is 758 g/mol. The van der Waals surface area contributed by atoms with Gasteiger partial charge in [-0.2, -0.15) is 15.1 Å². The van der Waals surface area contributed by atoms with Crippen molar-refractivity contribution in [1.82, 2.24) is 24.7 Å². The van der Waals surface area contributed by atoms with Gasteiger partial charge in [0.1, 0.15) is 30.9 Å². The topological polar surface area (TPSA) is 159 Å². The number of anilines is 2. The minimum Gasteiger partial charge on any atom is -0.491 e. The Labute approximate surface area is 310 Å². The number of aromatic nitrogens is 5. The molecule has 6 heterocycles. The molecule has 1 aromatic carbocycles. The largest absolute Gasteiger partial charge is 0.491 e. The Kier molecular flexibility index (Phi) is 12.2. The molecule has 1 spiro atoms. The third kappa shape index (κ3) is 8.54. The van der Waals surface area contributed by atoms with Crippen LogP contribution in [0.3, 0.4) is 0 Å². The van der Waals surface area contributed by atoms with Crippen molar-refractivity contribution in [1.29, 1.82) is 0 Å². The highest BCUT2D eigenvalue weighted by atomic mass is 35.5. The number of nitrogens with zero attached hydrogens (tertiary/aromatic N) is 7. The van der Waals surface area contributed by atoms with Crippen LogP contribution in [0.25, 0.3) is 21.3 Å². The molecule has 0 aliphatic carbocycles. The molecule has 3 fully saturated rings. The molecule has 3 aromatic heterocycles. The molecule has 0 amide bonds. The summed E-state index contributed by atoms with van der Waals surface area (Å²) in [5.41, 5.74) is 1.55. The lowest BCUT2D eigenvalue weighted by molar-refractivity contribution is -0.0548. The van der Waals surface area contributed by atoms with Gasteiger partial charge in [-0.25, -0.2) is 9.67 Å². The molecule has 3 atom stereocenters. The quantitative estimate of drug-likeness (QED) is 0.0867. The number of hydrogen-bond acceptors (Lipinski definition) is 15. The van der Waals surface area contributed by atoms with Crippen LogP contribution >= 0.6 is 22.9 Å². The third-order valence-corrected chi connectivity index (χ3v) is 10.7. The van der Waals surface area contributed by atoms with E-state index in [1.165, 1.54) is 0 Å². The maximum Gasteiger partial charge on any atom is 0.226 e. The minimum absolute atomic E-state index is 0.0972. The van der Waals surface area contributed by atoms with E-state index in [2.05, 4.69) is 30.8 Å². The lowest BCUT2D eigenvalue weighted by atomic mass is 9.73. The number of halogens is 1. The zero-order valence-corrected chi connectivity index (χ0v) is 30.5. The van der Waals surface area contributed by atoms with E-state index < -0.39 is 18.4 Å². The Balaban J connectivity index is 0.875. The highest BCUT2D eigenvalue weighted by Crippen LogP contribution is 2.45. The molecule has 0 bridgehead atoms. The van der Waals surface area contributed by atoms with Crippen LogP contribution < -0.4 is 14.5 Å². The fraction of sp³-hybridized carbons (Fsp3) is 0.600. The summed E-state index contributed by atoms with van der Waals surface area (Å²) in [6.07, 6.45) is 7.30. The molecule has 280 valence electrons. The Morgan fingerprint density at radius 2 is 1.71 bits per heavy atom. The Morgan fingerprint density at radius 1 is 0.981 bits per heavy atom. The fourth-order valence-corrected chi connectivity index (χ4v) is 8.23. The van der Waals surface area contributed by atoms with E-state index in [9.17, 15) is 10.2 Å². The van der Waals surface area contributed by atoms with Gasteiger partial charge < -0.3 is 48.4 Å². The van der Waals surface area contributed by atoms with Crippen molar-refractivity contribution in [3.8, 4) is 18.1 Å². The van der Waals surface area contributed by atoms with E-state index in [4.69, 9.17) is 51.4 Å². The van der Waals surface area contributed by atoms with Gasteiger partial charge in [0.15, 0.2) is 17.0 Å². The summed E-state index contributed by atoms with van der Waals surface area (Å²) in [5, 5.41) is 26.4. The van der Waals surface area contributed by atoms with Crippen LogP contribution in [-0.2, 0) is 23.7 Å². The van der Waals surface area contributed by atoms with Crippen LogP contribution in [0.15, 0.2) is 24.4 Å². The van der Waals surface area contributed by atoms with Crippen LogP contribution in [0.5, 0.6) is 5.75 Å².